The third-order valence-electron chi connectivity index (χ3n) is 4.03. The highest BCUT2D eigenvalue weighted by Gasteiger charge is 2.08. The number of hydrogen-bond donors (Lipinski definition) is 0. The Balaban J connectivity index is 2.03. The molecule has 0 saturated heterocycles. The molecule has 164 valence electrons. The number of carbonyl (C=O) groups excluding carboxylic acids is 2. The van der Waals surface area contributed by atoms with Crippen LogP contribution in [0.2, 0.25) is 0 Å². The Kier molecular flexibility index (Phi) is 8.97. The van der Waals surface area contributed by atoms with Crippen LogP contribution in [0.1, 0.15) is 11.1 Å². The van der Waals surface area contributed by atoms with E-state index in [2.05, 4.69) is 9.47 Å². The van der Waals surface area contributed by atoms with Crippen LogP contribution in [-0.4, -0.2) is 47.2 Å². The van der Waals surface area contributed by atoms with Crippen LogP contribution in [0.3, 0.4) is 0 Å². The molecule has 0 atom stereocenters. The molecule has 8 heteroatoms. The van der Waals surface area contributed by atoms with Crippen LogP contribution in [-0.2, 0) is 19.1 Å². The topological polar surface area (TPSA) is 89.5 Å². The van der Waals surface area contributed by atoms with Crippen molar-refractivity contribution in [2.24, 2.45) is 0 Å². The van der Waals surface area contributed by atoms with Gasteiger partial charge in [0.05, 0.1) is 28.4 Å². The number of rotatable bonds is 10. The van der Waals surface area contributed by atoms with E-state index < -0.39 is 11.9 Å². The van der Waals surface area contributed by atoms with Gasteiger partial charge in [0.25, 0.3) is 0 Å². The largest absolute Gasteiger partial charge is 0.493 e. The van der Waals surface area contributed by atoms with Crippen LogP contribution in [0.5, 0.6) is 23.0 Å². The number of methoxy groups -OCH3 is 4. The minimum absolute atomic E-state index is 0.0958. The van der Waals surface area contributed by atoms with Gasteiger partial charge in [0.1, 0.15) is 0 Å². The van der Waals surface area contributed by atoms with Crippen molar-refractivity contribution in [3.8, 4) is 23.0 Å². The van der Waals surface area contributed by atoms with Gasteiger partial charge in [0.15, 0.2) is 23.0 Å². The van der Waals surface area contributed by atoms with E-state index in [-0.39, 0.29) is 6.79 Å². The Bertz CT molecular complexity index is 885. The Morgan fingerprint density at radius 3 is 1.45 bits per heavy atom. The van der Waals surface area contributed by atoms with E-state index in [1.54, 1.807) is 48.6 Å². The molecule has 0 fully saturated rings. The van der Waals surface area contributed by atoms with E-state index in [1.807, 2.05) is 0 Å². The molecule has 0 radical (unpaired) electrons. The van der Waals surface area contributed by atoms with Gasteiger partial charge in [0.2, 0.25) is 6.79 Å². The molecule has 8 nitrogen and oxygen atoms in total. The predicted octanol–water partition coefficient (Wildman–Crippen LogP) is 3.49. The number of hydrogen-bond acceptors (Lipinski definition) is 8. The average molecular weight is 428 g/mol. The second kappa shape index (κ2) is 11.9. The van der Waals surface area contributed by atoms with E-state index in [9.17, 15) is 9.59 Å². The monoisotopic (exact) mass is 428 g/mol. The highest BCUT2D eigenvalue weighted by molar-refractivity contribution is 5.87. The van der Waals surface area contributed by atoms with Crippen molar-refractivity contribution in [3.05, 3.63) is 59.7 Å². The van der Waals surface area contributed by atoms with Gasteiger partial charge in [-0.15, -0.1) is 0 Å². The summed E-state index contributed by atoms with van der Waals surface area (Å²) >= 11 is 0. The third-order valence-corrected chi connectivity index (χ3v) is 4.03. The summed E-state index contributed by atoms with van der Waals surface area (Å²) in [5.74, 6) is 0.988. The molecule has 0 amide bonds. The van der Waals surface area contributed by atoms with Crippen molar-refractivity contribution >= 4 is 24.1 Å². The number of esters is 2. The van der Waals surface area contributed by atoms with Gasteiger partial charge in [0, 0.05) is 12.2 Å². The SMILES string of the molecule is COC(=O)/C=C/c1ccc(OCOc2ccc(/C=C/C(=O)OC)cc2OC)c(OC)c1. The molecule has 0 spiro atoms. The van der Waals surface area contributed by atoms with E-state index in [1.165, 1.54) is 40.6 Å². The fraction of sp³-hybridized carbons (Fsp3) is 0.217. The summed E-state index contributed by atoms with van der Waals surface area (Å²) in [6, 6.07) is 10.4. The van der Waals surface area contributed by atoms with Gasteiger partial charge < -0.3 is 28.4 Å². The summed E-state index contributed by atoms with van der Waals surface area (Å²) in [4.78, 5) is 22.4. The second-order valence-electron chi connectivity index (χ2n) is 5.94. The van der Waals surface area contributed by atoms with Crippen LogP contribution in [0.4, 0.5) is 0 Å². The molecule has 0 aromatic heterocycles. The zero-order valence-corrected chi connectivity index (χ0v) is 17.7. The molecular weight excluding hydrogens is 404 g/mol. The Morgan fingerprint density at radius 1 is 0.677 bits per heavy atom. The van der Waals surface area contributed by atoms with Crippen LogP contribution in [0, 0.1) is 0 Å². The molecule has 2 rings (SSSR count). The van der Waals surface area contributed by atoms with E-state index in [0.717, 1.165) is 11.1 Å². The average Bonchev–Trinajstić information content (AvgIpc) is 2.81. The first-order valence-corrected chi connectivity index (χ1v) is 9.14. The maximum atomic E-state index is 11.2. The lowest BCUT2D eigenvalue weighted by molar-refractivity contribution is -0.135. The van der Waals surface area contributed by atoms with Crippen molar-refractivity contribution in [1.29, 1.82) is 0 Å². The summed E-state index contributed by atoms with van der Waals surface area (Å²) in [5.41, 5.74) is 1.49. The Labute approximate surface area is 180 Å². The summed E-state index contributed by atoms with van der Waals surface area (Å²) < 4.78 is 31.1. The molecule has 0 saturated carbocycles. The minimum Gasteiger partial charge on any atom is -0.493 e. The van der Waals surface area contributed by atoms with Crippen LogP contribution < -0.4 is 18.9 Å². The minimum atomic E-state index is -0.451. The Morgan fingerprint density at radius 2 is 1.10 bits per heavy atom. The number of carbonyl (C=O) groups is 2. The fourth-order valence-corrected chi connectivity index (χ4v) is 2.44. The molecule has 0 bridgehead atoms. The first-order chi connectivity index (χ1) is 15.0. The first kappa shape index (κ1) is 23.3. The van der Waals surface area contributed by atoms with Crippen LogP contribution >= 0.6 is 0 Å². The van der Waals surface area contributed by atoms with E-state index in [0.29, 0.717) is 23.0 Å². The quantitative estimate of drug-likeness (QED) is 0.323. The van der Waals surface area contributed by atoms with Gasteiger partial charge in [-0.2, -0.15) is 0 Å². The zero-order valence-electron chi connectivity index (χ0n) is 17.7. The predicted molar refractivity (Wildman–Crippen MR) is 114 cm³/mol. The lowest BCUT2D eigenvalue weighted by Gasteiger charge is -2.14. The van der Waals surface area contributed by atoms with Gasteiger partial charge >= 0.3 is 11.9 Å². The van der Waals surface area contributed by atoms with Crippen LogP contribution in [0.25, 0.3) is 12.2 Å². The summed E-state index contributed by atoms with van der Waals surface area (Å²) in [7, 11) is 5.65. The van der Waals surface area contributed by atoms with Gasteiger partial charge in [-0.1, -0.05) is 12.1 Å². The maximum Gasteiger partial charge on any atom is 0.330 e. The lowest BCUT2D eigenvalue weighted by atomic mass is 10.2. The Hall–Kier alpha value is -3.94. The smallest absolute Gasteiger partial charge is 0.330 e. The number of benzene rings is 2. The molecule has 0 N–H and O–H groups in total. The molecule has 0 aliphatic heterocycles. The highest BCUT2D eigenvalue weighted by atomic mass is 16.7. The molecule has 0 unspecified atom stereocenters. The van der Waals surface area contributed by atoms with E-state index >= 15 is 0 Å². The van der Waals surface area contributed by atoms with Crippen molar-refractivity contribution in [3.63, 3.8) is 0 Å². The standard InChI is InChI=1S/C23H24O8/c1-26-20-13-16(7-11-22(24)28-3)5-9-18(20)30-15-31-19-10-6-17(14-21(19)27-2)8-12-23(25)29-4/h5-14H,15H2,1-4H3/b11-7+,12-8+. The second-order valence-corrected chi connectivity index (χ2v) is 5.94. The number of ether oxygens (including phenoxy) is 6. The van der Waals surface area contributed by atoms with Crippen molar-refractivity contribution < 1.29 is 38.0 Å². The molecular formula is C23H24O8. The molecule has 31 heavy (non-hydrogen) atoms. The molecule has 0 heterocycles. The maximum absolute atomic E-state index is 11.2. The van der Waals surface area contributed by atoms with Gasteiger partial charge in [-0.25, -0.2) is 9.59 Å². The summed E-state index contributed by atoms with van der Waals surface area (Å²) in [6.45, 7) is -0.0958. The third kappa shape index (κ3) is 7.11. The molecule has 0 aliphatic carbocycles. The molecule has 0 aliphatic rings. The van der Waals surface area contributed by atoms with Gasteiger partial charge in [-0.05, 0) is 47.5 Å². The summed E-state index contributed by atoms with van der Waals surface area (Å²) in [6.07, 6.45) is 5.84. The van der Waals surface area contributed by atoms with Crippen molar-refractivity contribution in [2.75, 3.05) is 35.2 Å². The fourth-order valence-electron chi connectivity index (χ4n) is 2.44. The molecule has 2 aromatic carbocycles. The summed E-state index contributed by atoms with van der Waals surface area (Å²) in [5, 5.41) is 0. The van der Waals surface area contributed by atoms with Crippen molar-refractivity contribution in [2.45, 2.75) is 0 Å². The first-order valence-electron chi connectivity index (χ1n) is 9.14. The van der Waals surface area contributed by atoms with Crippen molar-refractivity contribution in [1.82, 2.24) is 0 Å². The van der Waals surface area contributed by atoms with Gasteiger partial charge in [-0.3, -0.25) is 0 Å². The zero-order chi connectivity index (χ0) is 22.6. The lowest BCUT2D eigenvalue weighted by Crippen LogP contribution is -2.07. The van der Waals surface area contributed by atoms with Crippen LogP contribution in [0.15, 0.2) is 48.6 Å². The normalized spacial score (nSPS) is 10.7. The van der Waals surface area contributed by atoms with E-state index in [4.69, 9.17) is 18.9 Å². The highest BCUT2D eigenvalue weighted by Crippen LogP contribution is 2.31. The molecule has 2 aromatic rings.